The summed E-state index contributed by atoms with van der Waals surface area (Å²) in [5.41, 5.74) is 1.70. The summed E-state index contributed by atoms with van der Waals surface area (Å²) in [6.45, 7) is 3.59. The van der Waals surface area contributed by atoms with Crippen LogP contribution in [-0.4, -0.2) is 60.9 Å². The van der Waals surface area contributed by atoms with Crippen molar-refractivity contribution in [3.8, 4) is 0 Å². The molecule has 8 heteroatoms. The first-order valence-electron chi connectivity index (χ1n) is 11.0. The van der Waals surface area contributed by atoms with Crippen molar-refractivity contribution in [1.82, 2.24) is 15.1 Å². The van der Waals surface area contributed by atoms with Gasteiger partial charge in [0.1, 0.15) is 0 Å². The van der Waals surface area contributed by atoms with Gasteiger partial charge in [0.05, 0.1) is 29.8 Å². The Bertz CT molecular complexity index is 1050. The highest BCUT2D eigenvalue weighted by Gasteiger charge is 2.23. The number of para-hydroxylation sites is 1. The van der Waals surface area contributed by atoms with Crippen LogP contribution in [0.25, 0.3) is 0 Å². The van der Waals surface area contributed by atoms with Crippen molar-refractivity contribution in [2.24, 2.45) is 0 Å². The van der Waals surface area contributed by atoms with Crippen LogP contribution in [0.5, 0.6) is 0 Å². The second-order valence-electron chi connectivity index (χ2n) is 8.01. The molecule has 3 aromatic rings. The molecule has 2 heterocycles. The third kappa shape index (κ3) is 6.65. The maximum Gasteiger partial charge on any atom is 0.238 e. The summed E-state index contributed by atoms with van der Waals surface area (Å²) in [6, 6.07) is 21.2. The normalized spacial score (nSPS) is 15.7. The zero-order chi connectivity index (χ0) is 23.0. The Morgan fingerprint density at radius 1 is 0.848 bits per heavy atom. The van der Waals surface area contributed by atoms with Crippen LogP contribution in [-0.2, 0) is 9.59 Å². The van der Waals surface area contributed by atoms with E-state index in [0.29, 0.717) is 23.8 Å². The molecule has 2 N–H and O–H groups in total. The van der Waals surface area contributed by atoms with Gasteiger partial charge in [-0.3, -0.25) is 19.4 Å². The third-order valence-corrected chi connectivity index (χ3v) is 6.88. The van der Waals surface area contributed by atoms with E-state index in [2.05, 4.69) is 26.5 Å². The lowest BCUT2D eigenvalue weighted by atomic mass is 10.1. The van der Waals surface area contributed by atoms with Crippen LogP contribution < -0.4 is 10.6 Å². The lowest BCUT2D eigenvalue weighted by Crippen LogP contribution is -2.51. The van der Waals surface area contributed by atoms with Crippen molar-refractivity contribution >= 4 is 40.4 Å². The van der Waals surface area contributed by atoms with Gasteiger partial charge in [0.2, 0.25) is 11.8 Å². The first kappa shape index (κ1) is 23.4. The first-order valence-corrected chi connectivity index (χ1v) is 12.2. The van der Waals surface area contributed by atoms with Crippen LogP contribution in [0.2, 0.25) is 5.02 Å². The van der Waals surface area contributed by atoms with Crippen LogP contribution in [0.1, 0.15) is 16.5 Å². The fraction of sp³-hybridized carbons (Fsp3) is 0.280. The SMILES string of the molecule is O=C(CN1CCN(CC(=O)N[C@H](c2ccccc2)c2cccs2)CC1)Nc1ccccc1Cl. The molecule has 1 aliphatic rings. The third-order valence-electron chi connectivity index (χ3n) is 5.61. The average molecular weight is 483 g/mol. The van der Waals surface area contributed by atoms with Crippen molar-refractivity contribution < 1.29 is 9.59 Å². The standard InChI is InChI=1S/C25H27ClN4O2S/c26-20-9-4-5-10-21(20)27-23(31)17-29-12-14-30(15-13-29)18-24(32)28-25(22-11-6-16-33-22)19-7-2-1-3-8-19/h1-11,16,25H,12-15,17-18H2,(H,27,31)(H,28,32)/t25-/m1/s1. The number of rotatable bonds is 8. The van der Waals surface area contributed by atoms with E-state index in [1.807, 2.05) is 53.9 Å². The molecule has 172 valence electrons. The molecule has 0 spiro atoms. The molecule has 1 atom stereocenters. The highest BCUT2D eigenvalue weighted by Crippen LogP contribution is 2.26. The van der Waals surface area contributed by atoms with Crippen LogP contribution in [0.3, 0.4) is 0 Å². The van der Waals surface area contributed by atoms with E-state index in [9.17, 15) is 9.59 Å². The number of piperazine rings is 1. The van der Waals surface area contributed by atoms with E-state index in [1.54, 1.807) is 23.5 Å². The van der Waals surface area contributed by atoms with Crippen LogP contribution in [0.15, 0.2) is 72.1 Å². The van der Waals surface area contributed by atoms with E-state index >= 15 is 0 Å². The molecule has 2 amide bonds. The first-order chi connectivity index (χ1) is 16.1. The van der Waals surface area contributed by atoms with Gasteiger partial charge in [-0.15, -0.1) is 11.3 Å². The van der Waals surface area contributed by atoms with E-state index in [-0.39, 0.29) is 17.9 Å². The van der Waals surface area contributed by atoms with Gasteiger partial charge in [-0.05, 0) is 29.1 Å². The predicted octanol–water partition coefficient (Wildman–Crippen LogP) is 3.86. The number of halogens is 1. The van der Waals surface area contributed by atoms with Gasteiger partial charge >= 0.3 is 0 Å². The summed E-state index contributed by atoms with van der Waals surface area (Å²) in [7, 11) is 0. The summed E-state index contributed by atoms with van der Waals surface area (Å²) < 4.78 is 0. The van der Waals surface area contributed by atoms with Crippen LogP contribution in [0.4, 0.5) is 5.69 Å². The number of hydrogen-bond acceptors (Lipinski definition) is 5. The fourth-order valence-electron chi connectivity index (χ4n) is 3.89. The smallest absolute Gasteiger partial charge is 0.238 e. The van der Waals surface area contributed by atoms with Crippen molar-refractivity contribution in [1.29, 1.82) is 0 Å². The molecule has 6 nitrogen and oxygen atoms in total. The Balaban J connectivity index is 1.25. The van der Waals surface area contributed by atoms with Gasteiger partial charge in [0, 0.05) is 31.1 Å². The summed E-state index contributed by atoms with van der Waals surface area (Å²) in [6.07, 6.45) is 0. The predicted molar refractivity (Wildman–Crippen MR) is 134 cm³/mol. The molecule has 0 saturated carbocycles. The molecule has 1 fully saturated rings. The maximum absolute atomic E-state index is 12.8. The number of thiophene rings is 1. The van der Waals surface area contributed by atoms with Crippen LogP contribution >= 0.6 is 22.9 Å². The number of nitrogens with zero attached hydrogens (tertiary/aromatic N) is 2. The second-order valence-corrected chi connectivity index (χ2v) is 9.39. The zero-order valence-electron chi connectivity index (χ0n) is 18.2. The van der Waals surface area contributed by atoms with E-state index in [1.165, 1.54) is 0 Å². The summed E-state index contributed by atoms with van der Waals surface area (Å²) in [5, 5.41) is 8.61. The van der Waals surface area contributed by atoms with Crippen molar-refractivity contribution in [3.63, 3.8) is 0 Å². The van der Waals surface area contributed by atoms with Crippen molar-refractivity contribution in [2.75, 3.05) is 44.6 Å². The van der Waals surface area contributed by atoms with Gasteiger partial charge in [-0.2, -0.15) is 0 Å². The number of carbonyl (C=O) groups is 2. The van der Waals surface area contributed by atoms with E-state index < -0.39 is 0 Å². The Labute approximate surface area is 203 Å². The lowest BCUT2D eigenvalue weighted by molar-refractivity contribution is -0.124. The van der Waals surface area contributed by atoms with Gasteiger partial charge < -0.3 is 10.6 Å². The molecule has 2 aromatic carbocycles. The van der Waals surface area contributed by atoms with E-state index in [0.717, 1.165) is 36.6 Å². The summed E-state index contributed by atoms with van der Waals surface area (Å²) >= 11 is 7.75. The average Bonchev–Trinajstić information content (AvgIpc) is 3.36. The number of benzene rings is 2. The molecule has 33 heavy (non-hydrogen) atoms. The molecule has 0 aliphatic carbocycles. The quantitative estimate of drug-likeness (QED) is 0.511. The minimum absolute atomic E-state index is 0.00201. The number of anilines is 1. The summed E-state index contributed by atoms with van der Waals surface area (Å²) in [4.78, 5) is 30.6. The van der Waals surface area contributed by atoms with Gasteiger partial charge in [0.25, 0.3) is 0 Å². The maximum atomic E-state index is 12.8. The Hall–Kier alpha value is -2.71. The highest BCUT2D eigenvalue weighted by atomic mass is 35.5. The number of amides is 2. The van der Waals surface area contributed by atoms with Gasteiger partial charge in [0.15, 0.2) is 0 Å². The molecular weight excluding hydrogens is 456 g/mol. The largest absolute Gasteiger partial charge is 0.343 e. The van der Waals surface area contributed by atoms with Gasteiger partial charge in [-0.1, -0.05) is 60.1 Å². The fourth-order valence-corrected chi connectivity index (χ4v) is 4.88. The Morgan fingerprint density at radius 2 is 1.48 bits per heavy atom. The topological polar surface area (TPSA) is 64.7 Å². The lowest BCUT2D eigenvalue weighted by Gasteiger charge is -2.34. The van der Waals surface area contributed by atoms with Crippen molar-refractivity contribution in [3.05, 3.63) is 87.6 Å². The van der Waals surface area contributed by atoms with Crippen LogP contribution in [0, 0.1) is 0 Å². The Kier molecular flexibility index (Phi) is 8.12. The van der Waals surface area contributed by atoms with Gasteiger partial charge in [-0.25, -0.2) is 0 Å². The van der Waals surface area contributed by atoms with Crippen molar-refractivity contribution in [2.45, 2.75) is 6.04 Å². The monoisotopic (exact) mass is 482 g/mol. The molecule has 0 radical (unpaired) electrons. The number of hydrogen-bond donors (Lipinski definition) is 2. The number of carbonyl (C=O) groups excluding carboxylic acids is 2. The molecule has 4 rings (SSSR count). The molecule has 0 unspecified atom stereocenters. The summed E-state index contributed by atoms with van der Waals surface area (Å²) in [5.74, 6) is -0.0851. The Morgan fingerprint density at radius 3 is 2.12 bits per heavy atom. The molecular formula is C25H27ClN4O2S. The number of nitrogens with one attached hydrogen (secondary N) is 2. The minimum Gasteiger partial charge on any atom is -0.343 e. The molecule has 1 aromatic heterocycles. The second kappa shape index (κ2) is 11.4. The zero-order valence-corrected chi connectivity index (χ0v) is 19.8. The molecule has 1 aliphatic heterocycles. The van der Waals surface area contributed by atoms with E-state index in [4.69, 9.17) is 11.6 Å². The minimum atomic E-state index is -0.145. The molecule has 1 saturated heterocycles. The highest BCUT2D eigenvalue weighted by molar-refractivity contribution is 7.10. The molecule has 0 bridgehead atoms.